The van der Waals surface area contributed by atoms with Gasteiger partial charge >= 0.3 is 19.8 Å². The minimum atomic E-state index is -4.61. The highest BCUT2D eigenvalue weighted by molar-refractivity contribution is 7.47. The van der Waals surface area contributed by atoms with Crippen LogP contribution in [0.15, 0.2) is 12.2 Å². The molecule has 0 aliphatic rings. The van der Waals surface area contributed by atoms with E-state index in [1.165, 1.54) is 141 Å². The summed E-state index contributed by atoms with van der Waals surface area (Å²) in [7, 11) is -4.61. The van der Waals surface area contributed by atoms with Crippen LogP contribution in [0.3, 0.4) is 0 Å². The zero-order valence-corrected chi connectivity index (χ0v) is 38.4. The lowest BCUT2D eigenvalue weighted by Gasteiger charge is -2.20. The molecule has 10 nitrogen and oxygen atoms in total. The Bertz CT molecular complexity index is 977. The molecule has 0 spiro atoms. The Labute approximate surface area is 356 Å². The number of carbonyl (C=O) groups excluding carboxylic acids is 2. The zero-order valence-electron chi connectivity index (χ0n) is 37.5. The molecule has 11 heteroatoms. The number of allylic oxidation sites excluding steroid dienone is 2. The molecule has 3 atom stereocenters. The Morgan fingerprint density at radius 1 is 0.500 bits per heavy atom. The molecule has 0 heterocycles. The van der Waals surface area contributed by atoms with Crippen LogP contribution in [0, 0.1) is 0 Å². The van der Waals surface area contributed by atoms with Crippen LogP contribution in [0.1, 0.15) is 239 Å². The summed E-state index contributed by atoms with van der Waals surface area (Å²) in [6, 6.07) is 0. The van der Waals surface area contributed by atoms with Gasteiger partial charge in [0.25, 0.3) is 0 Å². The van der Waals surface area contributed by atoms with E-state index in [2.05, 4.69) is 26.0 Å². The van der Waals surface area contributed by atoms with Crippen LogP contribution in [0.4, 0.5) is 0 Å². The summed E-state index contributed by atoms with van der Waals surface area (Å²) in [4.78, 5) is 35.0. The van der Waals surface area contributed by atoms with Gasteiger partial charge in [-0.15, -0.1) is 0 Å². The summed E-state index contributed by atoms with van der Waals surface area (Å²) >= 11 is 0. The molecule has 0 bridgehead atoms. The second kappa shape index (κ2) is 43.8. The summed E-state index contributed by atoms with van der Waals surface area (Å²) in [6.07, 6.45) is 43.3. The molecule has 0 rings (SSSR count). The summed E-state index contributed by atoms with van der Waals surface area (Å²) in [5.74, 6) is -0.922. The van der Waals surface area contributed by atoms with Crippen LogP contribution < -0.4 is 0 Å². The van der Waals surface area contributed by atoms with E-state index in [0.29, 0.717) is 12.8 Å². The molecule has 1 unspecified atom stereocenters. The van der Waals surface area contributed by atoms with Crippen LogP contribution in [0.25, 0.3) is 0 Å². The number of phosphoric acid groups is 1. The number of esters is 2. The molecular weight excluding hydrogens is 755 g/mol. The smallest absolute Gasteiger partial charge is 0.462 e. The molecule has 0 aromatic heterocycles. The van der Waals surface area contributed by atoms with E-state index in [9.17, 15) is 24.2 Å². The molecule has 0 fully saturated rings. The van der Waals surface area contributed by atoms with Gasteiger partial charge in [0.2, 0.25) is 0 Å². The lowest BCUT2D eigenvalue weighted by atomic mass is 10.0. The molecular formula is C47H91O10P. The number of hydrogen-bond acceptors (Lipinski definition) is 9. The van der Waals surface area contributed by atoms with Crippen molar-refractivity contribution in [1.82, 2.24) is 0 Å². The van der Waals surface area contributed by atoms with E-state index in [-0.39, 0.29) is 19.4 Å². The molecule has 0 saturated heterocycles. The number of aliphatic hydroxyl groups excluding tert-OH is 2. The lowest BCUT2D eigenvalue weighted by Crippen LogP contribution is -2.29. The van der Waals surface area contributed by atoms with Gasteiger partial charge < -0.3 is 24.6 Å². The van der Waals surface area contributed by atoms with Gasteiger partial charge in [0.15, 0.2) is 6.10 Å². The Hall–Kier alpha value is -1.29. The minimum absolute atomic E-state index is 0.189. The first kappa shape index (κ1) is 56.7. The molecule has 0 aliphatic carbocycles. The number of phosphoric ester groups is 1. The van der Waals surface area contributed by atoms with E-state index in [1.807, 2.05) is 0 Å². The largest absolute Gasteiger partial charge is 0.472 e. The summed E-state index contributed by atoms with van der Waals surface area (Å²) in [6.45, 7) is 2.39. The monoisotopic (exact) mass is 847 g/mol. The molecule has 344 valence electrons. The average Bonchev–Trinajstić information content (AvgIpc) is 3.21. The Kier molecular flexibility index (Phi) is 42.8. The third-order valence-electron chi connectivity index (χ3n) is 10.7. The Morgan fingerprint density at radius 3 is 1.28 bits per heavy atom. The van der Waals surface area contributed by atoms with Gasteiger partial charge in [-0.05, 0) is 38.5 Å². The summed E-state index contributed by atoms with van der Waals surface area (Å²) in [5, 5.41) is 18.4. The summed E-state index contributed by atoms with van der Waals surface area (Å²) < 4.78 is 32.8. The fraction of sp³-hybridized carbons (Fsp3) is 0.915. The first-order chi connectivity index (χ1) is 28.2. The third kappa shape index (κ3) is 42.8. The van der Waals surface area contributed by atoms with Crippen molar-refractivity contribution in [2.45, 2.75) is 251 Å². The predicted octanol–water partition coefficient (Wildman–Crippen LogP) is 13.2. The second-order valence-corrected chi connectivity index (χ2v) is 17.9. The van der Waals surface area contributed by atoms with Gasteiger partial charge in [0.05, 0.1) is 19.8 Å². The minimum Gasteiger partial charge on any atom is -0.462 e. The maximum Gasteiger partial charge on any atom is 0.472 e. The number of unbranched alkanes of at least 4 members (excludes halogenated alkanes) is 30. The van der Waals surface area contributed by atoms with E-state index < -0.39 is 51.8 Å². The van der Waals surface area contributed by atoms with Crippen molar-refractivity contribution in [1.29, 1.82) is 0 Å². The van der Waals surface area contributed by atoms with E-state index in [0.717, 1.165) is 57.8 Å². The first-order valence-corrected chi connectivity index (χ1v) is 25.6. The normalized spacial score (nSPS) is 13.8. The van der Waals surface area contributed by atoms with Crippen LogP contribution in [-0.2, 0) is 32.7 Å². The van der Waals surface area contributed by atoms with Gasteiger partial charge in [0.1, 0.15) is 12.7 Å². The second-order valence-electron chi connectivity index (χ2n) is 16.5. The zero-order chi connectivity index (χ0) is 42.6. The lowest BCUT2D eigenvalue weighted by molar-refractivity contribution is -0.161. The third-order valence-corrected chi connectivity index (χ3v) is 11.6. The highest BCUT2D eigenvalue weighted by atomic mass is 31.2. The van der Waals surface area contributed by atoms with Gasteiger partial charge in [0, 0.05) is 12.8 Å². The number of ether oxygens (including phenoxy) is 2. The van der Waals surface area contributed by atoms with Crippen molar-refractivity contribution in [3.05, 3.63) is 12.2 Å². The van der Waals surface area contributed by atoms with Crippen LogP contribution in [0.2, 0.25) is 0 Å². The number of carbonyl (C=O) groups is 2. The van der Waals surface area contributed by atoms with Gasteiger partial charge in [-0.1, -0.05) is 199 Å². The van der Waals surface area contributed by atoms with Crippen molar-refractivity contribution in [3.8, 4) is 0 Å². The molecule has 0 amide bonds. The predicted molar refractivity (Wildman–Crippen MR) is 238 cm³/mol. The molecule has 0 saturated carbocycles. The average molecular weight is 847 g/mol. The maximum atomic E-state index is 12.6. The molecule has 0 aromatic carbocycles. The van der Waals surface area contributed by atoms with E-state index >= 15 is 0 Å². The van der Waals surface area contributed by atoms with Gasteiger partial charge in [-0.3, -0.25) is 18.6 Å². The summed E-state index contributed by atoms with van der Waals surface area (Å²) in [5.41, 5.74) is 0. The molecule has 0 radical (unpaired) electrons. The Morgan fingerprint density at radius 2 is 0.845 bits per heavy atom. The number of hydrogen-bond donors (Lipinski definition) is 3. The van der Waals surface area contributed by atoms with Crippen molar-refractivity contribution < 1.29 is 47.8 Å². The molecule has 3 N–H and O–H groups in total. The number of aliphatic hydroxyl groups is 2. The highest BCUT2D eigenvalue weighted by Gasteiger charge is 2.27. The van der Waals surface area contributed by atoms with Crippen LogP contribution >= 0.6 is 7.82 Å². The van der Waals surface area contributed by atoms with E-state index in [1.54, 1.807) is 0 Å². The highest BCUT2D eigenvalue weighted by Crippen LogP contribution is 2.43. The Balaban J connectivity index is 4.11. The van der Waals surface area contributed by atoms with Gasteiger partial charge in [-0.2, -0.15) is 0 Å². The topological polar surface area (TPSA) is 149 Å². The fourth-order valence-electron chi connectivity index (χ4n) is 6.93. The van der Waals surface area contributed by atoms with Crippen LogP contribution in [-0.4, -0.2) is 65.7 Å². The van der Waals surface area contributed by atoms with Gasteiger partial charge in [-0.25, -0.2) is 4.57 Å². The van der Waals surface area contributed by atoms with Crippen LogP contribution in [0.5, 0.6) is 0 Å². The molecule has 0 aliphatic heterocycles. The molecule has 58 heavy (non-hydrogen) atoms. The quantitative estimate of drug-likeness (QED) is 0.0234. The standard InChI is InChI=1S/C47H91O10P/c1-3-5-7-9-11-13-15-17-18-19-20-21-22-23-24-25-26-27-29-31-33-35-37-39-47(51)57-45(43-56-58(52,53)55-41-44(49)40-48)42-54-46(50)38-36-34-32-30-28-16-14-12-10-8-6-4-2/h12,14,44-45,48-49H,3-11,13,15-43H2,1-2H3,(H,52,53)/b14-12+/t44-,45+/m0/s1. The SMILES string of the molecule is CCCCC/C=C/CCCCCCCC(=O)OC[C@H](COP(=O)(O)OC[C@@H](O)CO)OC(=O)CCCCCCCCCCCCCCCCCCCCCCCCC. The fourth-order valence-corrected chi connectivity index (χ4v) is 7.72. The van der Waals surface area contributed by atoms with Crippen molar-refractivity contribution in [3.63, 3.8) is 0 Å². The number of rotatable bonds is 46. The first-order valence-electron chi connectivity index (χ1n) is 24.1. The van der Waals surface area contributed by atoms with Crippen molar-refractivity contribution in [2.75, 3.05) is 26.4 Å². The van der Waals surface area contributed by atoms with Crippen molar-refractivity contribution >= 4 is 19.8 Å². The molecule has 0 aromatic rings. The van der Waals surface area contributed by atoms with E-state index in [4.69, 9.17) is 23.6 Å². The maximum absolute atomic E-state index is 12.6. The van der Waals surface area contributed by atoms with Crippen molar-refractivity contribution in [2.24, 2.45) is 0 Å².